The average molecular weight is 580 g/mol. The lowest BCUT2D eigenvalue weighted by atomic mass is 9.60. The van der Waals surface area contributed by atoms with Crippen molar-refractivity contribution in [3.63, 3.8) is 0 Å². The second kappa shape index (κ2) is 9.85. The third-order valence-electron chi connectivity index (χ3n) is 8.77. The fourth-order valence-electron chi connectivity index (χ4n) is 6.20. The molecule has 0 radical (unpaired) electrons. The van der Waals surface area contributed by atoms with Crippen molar-refractivity contribution in [2.75, 3.05) is 11.9 Å². The van der Waals surface area contributed by atoms with Crippen molar-refractivity contribution in [2.45, 2.75) is 81.6 Å². The van der Waals surface area contributed by atoms with Gasteiger partial charge in [0.25, 0.3) is 5.91 Å². The molecular formula is C29H31F6N5O. The first kappa shape index (κ1) is 29.1. The van der Waals surface area contributed by atoms with E-state index in [9.17, 15) is 26.7 Å². The number of rotatable bonds is 8. The van der Waals surface area contributed by atoms with Gasteiger partial charge >= 0.3 is 6.18 Å². The quantitative estimate of drug-likeness (QED) is 0.187. The molecule has 2 aliphatic carbocycles. The molecule has 41 heavy (non-hydrogen) atoms. The Hall–Kier alpha value is -3.41. The van der Waals surface area contributed by atoms with Crippen LogP contribution in [0.5, 0.6) is 0 Å². The molecule has 1 heterocycles. The summed E-state index contributed by atoms with van der Waals surface area (Å²) in [6.07, 6.45) is -2.73. The highest BCUT2D eigenvalue weighted by molar-refractivity contribution is 6.10. The fraction of sp³-hybridized carbons (Fsp3) is 0.483. The second-order valence-corrected chi connectivity index (χ2v) is 11.8. The van der Waals surface area contributed by atoms with Crippen LogP contribution in [0.1, 0.15) is 78.1 Å². The minimum absolute atomic E-state index is 0.0484. The Morgan fingerprint density at radius 3 is 2.44 bits per heavy atom. The van der Waals surface area contributed by atoms with Crippen LogP contribution < -0.4 is 10.2 Å². The second-order valence-electron chi connectivity index (χ2n) is 11.8. The van der Waals surface area contributed by atoms with E-state index in [-0.39, 0.29) is 41.2 Å². The SMILES string of the molecule is CN(C=N)C(=N)CC1(c2cccc(N3Cc4c(cc(CNC5(C)CCC5)c(F)c4C(F)(F)F)C3=O)c2)CC(F)(F)C1. The van der Waals surface area contributed by atoms with Crippen molar-refractivity contribution in [3.05, 3.63) is 64.0 Å². The van der Waals surface area contributed by atoms with Crippen molar-refractivity contribution >= 4 is 23.8 Å². The topological polar surface area (TPSA) is 83.3 Å². The summed E-state index contributed by atoms with van der Waals surface area (Å²) in [6.45, 7) is 1.24. The summed E-state index contributed by atoms with van der Waals surface area (Å²) in [5, 5.41) is 18.7. The van der Waals surface area contributed by atoms with E-state index >= 15 is 4.39 Å². The molecule has 0 bridgehead atoms. The summed E-state index contributed by atoms with van der Waals surface area (Å²) in [6, 6.07) is 7.29. The highest BCUT2D eigenvalue weighted by atomic mass is 19.4. The number of hydrogen-bond donors (Lipinski definition) is 3. The zero-order valence-corrected chi connectivity index (χ0v) is 22.7. The van der Waals surface area contributed by atoms with Gasteiger partial charge in [-0.2, -0.15) is 13.2 Å². The molecule has 6 nitrogen and oxygen atoms in total. The molecule has 5 rings (SSSR count). The third kappa shape index (κ3) is 5.22. The highest BCUT2D eigenvalue weighted by Crippen LogP contribution is 2.56. The van der Waals surface area contributed by atoms with Crippen LogP contribution in [0.15, 0.2) is 30.3 Å². The molecule has 0 saturated heterocycles. The maximum Gasteiger partial charge on any atom is 0.419 e. The Labute approximate surface area is 233 Å². The zero-order chi connectivity index (χ0) is 30.0. The summed E-state index contributed by atoms with van der Waals surface area (Å²) in [4.78, 5) is 15.8. The molecule has 3 N–H and O–H groups in total. The summed E-state index contributed by atoms with van der Waals surface area (Å²) in [5.74, 6) is -5.14. The molecule has 0 spiro atoms. The summed E-state index contributed by atoms with van der Waals surface area (Å²) < 4.78 is 86.1. The number of amides is 1. The third-order valence-corrected chi connectivity index (χ3v) is 8.77. The lowest BCUT2D eigenvalue weighted by Gasteiger charge is -2.48. The van der Waals surface area contributed by atoms with E-state index in [2.05, 4.69) is 5.32 Å². The number of anilines is 1. The molecule has 12 heteroatoms. The van der Waals surface area contributed by atoms with Gasteiger partial charge < -0.3 is 15.1 Å². The molecule has 2 fully saturated rings. The number of carbonyl (C=O) groups excluding carboxylic acids is 1. The monoisotopic (exact) mass is 579 g/mol. The molecule has 0 unspecified atom stereocenters. The first-order valence-corrected chi connectivity index (χ1v) is 13.4. The normalized spacial score (nSPS) is 20.2. The zero-order valence-electron chi connectivity index (χ0n) is 22.7. The summed E-state index contributed by atoms with van der Waals surface area (Å²) in [5.41, 5.74) is -3.23. The van der Waals surface area contributed by atoms with Gasteiger partial charge in [-0.1, -0.05) is 12.1 Å². The van der Waals surface area contributed by atoms with Crippen LogP contribution in [0.25, 0.3) is 0 Å². The van der Waals surface area contributed by atoms with E-state index in [0.717, 1.165) is 30.5 Å². The largest absolute Gasteiger partial charge is 0.419 e. The van der Waals surface area contributed by atoms with Gasteiger partial charge in [-0.05, 0) is 55.5 Å². The number of hydrogen-bond acceptors (Lipinski definition) is 4. The Morgan fingerprint density at radius 2 is 1.88 bits per heavy atom. The number of amidine groups is 1. The van der Waals surface area contributed by atoms with Crippen molar-refractivity contribution in [1.82, 2.24) is 10.2 Å². The Balaban J connectivity index is 1.49. The predicted octanol–water partition coefficient (Wildman–Crippen LogP) is 6.61. The molecule has 0 aromatic heterocycles. The predicted molar refractivity (Wildman–Crippen MR) is 142 cm³/mol. The van der Waals surface area contributed by atoms with Crippen LogP contribution in [0.4, 0.5) is 32.0 Å². The minimum atomic E-state index is -5.04. The van der Waals surface area contributed by atoms with Gasteiger partial charge in [-0.3, -0.25) is 15.6 Å². The Kier molecular flexibility index (Phi) is 6.99. The van der Waals surface area contributed by atoms with Gasteiger partial charge in [0.05, 0.1) is 18.4 Å². The van der Waals surface area contributed by atoms with Crippen molar-refractivity contribution in [3.8, 4) is 0 Å². The first-order valence-electron chi connectivity index (χ1n) is 13.4. The minimum Gasteiger partial charge on any atom is -0.325 e. The molecule has 1 amide bonds. The van der Waals surface area contributed by atoms with E-state index in [1.807, 2.05) is 6.92 Å². The van der Waals surface area contributed by atoms with Gasteiger partial charge in [0, 0.05) is 60.6 Å². The lowest BCUT2D eigenvalue weighted by molar-refractivity contribution is -0.140. The average Bonchev–Trinajstić information content (AvgIpc) is 3.19. The van der Waals surface area contributed by atoms with E-state index in [1.165, 1.54) is 36.2 Å². The standard InChI is InChI=1S/C29H31F6N5O/c1-26(7-4-8-26)38-12-17-9-20-21(23(24(17)30)29(33,34)35)13-40(25(20)41)19-6-3-5-18(10-19)27(14-28(31,32)15-27)11-22(37)39(2)16-36/h3,5-6,9-10,16,36-38H,4,7-8,11-15H2,1-2H3. The molecule has 2 aromatic carbocycles. The van der Waals surface area contributed by atoms with E-state index in [1.54, 1.807) is 6.07 Å². The van der Waals surface area contributed by atoms with E-state index in [0.29, 0.717) is 5.56 Å². The van der Waals surface area contributed by atoms with Crippen LogP contribution in [0.3, 0.4) is 0 Å². The van der Waals surface area contributed by atoms with Gasteiger partial charge in [0.2, 0.25) is 5.92 Å². The van der Waals surface area contributed by atoms with Crippen LogP contribution in [-0.4, -0.2) is 41.5 Å². The Bertz CT molecular complexity index is 1410. The maximum atomic E-state index is 15.3. The summed E-state index contributed by atoms with van der Waals surface area (Å²) >= 11 is 0. The van der Waals surface area contributed by atoms with Crippen molar-refractivity contribution in [2.24, 2.45) is 0 Å². The molecule has 1 aliphatic heterocycles. The fourth-order valence-corrected chi connectivity index (χ4v) is 6.20. The molecular weight excluding hydrogens is 548 g/mol. The van der Waals surface area contributed by atoms with Gasteiger partial charge in [0.1, 0.15) is 11.7 Å². The number of nitrogens with one attached hydrogen (secondary N) is 3. The van der Waals surface area contributed by atoms with Gasteiger partial charge in [-0.15, -0.1) is 0 Å². The van der Waals surface area contributed by atoms with Gasteiger partial charge in [0.15, 0.2) is 0 Å². The molecule has 0 atom stereocenters. The summed E-state index contributed by atoms with van der Waals surface area (Å²) in [7, 11) is 1.46. The molecule has 2 aromatic rings. The maximum absolute atomic E-state index is 15.3. The lowest BCUT2D eigenvalue weighted by Crippen LogP contribution is -2.51. The number of carbonyl (C=O) groups is 1. The van der Waals surface area contributed by atoms with E-state index < -0.39 is 59.8 Å². The molecule has 3 aliphatic rings. The highest BCUT2D eigenvalue weighted by Gasteiger charge is 2.57. The van der Waals surface area contributed by atoms with Gasteiger partial charge in [-0.25, -0.2) is 13.2 Å². The number of halogens is 6. The first-order chi connectivity index (χ1) is 19.1. The number of nitrogens with zero attached hydrogens (tertiary/aromatic N) is 2. The smallest absolute Gasteiger partial charge is 0.325 e. The van der Waals surface area contributed by atoms with Crippen LogP contribution >= 0.6 is 0 Å². The van der Waals surface area contributed by atoms with E-state index in [4.69, 9.17) is 10.8 Å². The number of alkyl halides is 5. The molecule has 2 saturated carbocycles. The van der Waals surface area contributed by atoms with Crippen LogP contribution in [0, 0.1) is 16.6 Å². The van der Waals surface area contributed by atoms with Crippen molar-refractivity contribution in [1.29, 1.82) is 10.8 Å². The van der Waals surface area contributed by atoms with Crippen LogP contribution in [-0.2, 0) is 24.7 Å². The van der Waals surface area contributed by atoms with Crippen LogP contribution in [0.2, 0.25) is 0 Å². The number of fused-ring (bicyclic) bond motifs is 1. The van der Waals surface area contributed by atoms with Crippen molar-refractivity contribution < 1.29 is 31.1 Å². The Morgan fingerprint density at radius 1 is 1.20 bits per heavy atom. The molecule has 220 valence electrons. The number of benzene rings is 2.